The molecule has 0 radical (unpaired) electrons. The molecule has 0 atom stereocenters. The summed E-state index contributed by atoms with van der Waals surface area (Å²) in [5, 5.41) is 0. The van der Waals surface area contributed by atoms with Gasteiger partial charge in [0.1, 0.15) is 0 Å². The van der Waals surface area contributed by atoms with E-state index in [1.165, 1.54) is 6.08 Å². The molecule has 14 heavy (non-hydrogen) atoms. The van der Waals surface area contributed by atoms with Gasteiger partial charge in [0, 0.05) is 19.2 Å². The van der Waals surface area contributed by atoms with Crippen LogP contribution in [0.5, 0.6) is 0 Å². The molecule has 0 aromatic rings. The first kappa shape index (κ1) is 13.2. The van der Waals surface area contributed by atoms with Crippen molar-refractivity contribution in [2.24, 2.45) is 5.92 Å². The van der Waals surface area contributed by atoms with Crippen molar-refractivity contribution in [3.63, 3.8) is 0 Å². The minimum Gasteiger partial charge on any atom is -0.463 e. The Labute approximate surface area is 86.7 Å². The van der Waals surface area contributed by atoms with Gasteiger partial charge >= 0.3 is 5.97 Å². The molecule has 82 valence electrons. The standard InChI is InChI=1S/C11H21NO2/c1-5-14-11(13)7-6-8-12(4)9-10(2)3/h6-7,10H,5,8-9H2,1-4H3/b7-6+. The number of carbonyl (C=O) groups excluding carboxylic acids is 1. The van der Waals surface area contributed by atoms with E-state index in [0.29, 0.717) is 12.5 Å². The molecule has 3 heteroatoms. The predicted octanol–water partition coefficient (Wildman–Crippen LogP) is 1.69. The second-order valence-corrected chi connectivity index (χ2v) is 3.77. The Morgan fingerprint density at radius 1 is 1.50 bits per heavy atom. The van der Waals surface area contributed by atoms with Crippen LogP contribution in [-0.4, -0.2) is 37.6 Å². The molecule has 0 aromatic carbocycles. The summed E-state index contributed by atoms with van der Waals surface area (Å²) in [6.45, 7) is 8.41. The van der Waals surface area contributed by atoms with Gasteiger partial charge < -0.3 is 9.64 Å². The van der Waals surface area contributed by atoms with E-state index < -0.39 is 0 Å². The number of esters is 1. The van der Waals surface area contributed by atoms with Crippen molar-refractivity contribution in [1.82, 2.24) is 4.90 Å². The fourth-order valence-corrected chi connectivity index (χ4v) is 1.22. The van der Waals surface area contributed by atoms with Crippen molar-refractivity contribution in [3.8, 4) is 0 Å². The smallest absolute Gasteiger partial charge is 0.330 e. The zero-order valence-corrected chi connectivity index (χ0v) is 9.62. The van der Waals surface area contributed by atoms with Gasteiger partial charge in [0.05, 0.1) is 6.61 Å². The van der Waals surface area contributed by atoms with Crippen LogP contribution in [0.3, 0.4) is 0 Å². The van der Waals surface area contributed by atoms with Gasteiger partial charge in [-0.15, -0.1) is 0 Å². The highest BCUT2D eigenvalue weighted by Crippen LogP contribution is 1.95. The molecular weight excluding hydrogens is 178 g/mol. The Hall–Kier alpha value is -0.830. The second-order valence-electron chi connectivity index (χ2n) is 3.77. The summed E-state index contributed by atoms with van der Waals surface area (Å²) in [5.74, 6) is 0.390. The van der Waals surface area contributed by atoms with Gasteiger partial charge in [-0.3, -0.25) is 0 Å². The van der Waals surface area contributed by atoms with Gasteiger partial charge in [-0.05, 0) is 19.9 Å². The highest BCUT2D eigenvalue weighted by molar-refractivity contribution is 5.81. The SMILES string of the molecule is CCOC(=O)/C=C/CN(C)CC(C)C. The molecule has 0 aromatic heterocycles. The molecule has 0 saturated carbocycles. The largest absolute Gasteiger partial charge is 0.463 e. The highest BCUT2D eigenvalue weighted by Gasteiger charge is 1.99. The molecule has 0 heterocycles. The molecule has 0 spiro atoms. The summed E-state index contributed by atoms with van der Waals surface area (Å²) in [6.07, 6.45) is 3.32. The van der Waals surface area contributed by atoms with Crippen LogP contribution in [0, 0.1) is 5.92 Å². The van der Waals surface area contributed by atoms with Crippen LogP contribution in [0.15, 0.2) is 12.2 Å². The maximum Gasteiger partial charge on any atom is 0.330 e. The number of nitrogens with zero attached hydrogens (tertiary/aromatic N) is 1. The zero-order valence-electron chi connectivity index (χ0n) is 9.62. The fraction of sp³-hybridized carbons (Fsp3) is 0.727. The van der Waals surface area contributed by atoms with Crippen molar-refractivity contribution in [2.75, 3.05) is 26.7 Å². The van der Waals surface area contributed by atoms with Gasteiger partial charge in [0.25, 0.3) is 0 Å². The number of ether oxygens (including phenoxy) is 1. The van der Waals surface area contributed by atoms with E-state index in [0.717, 1.165) is 13.1 Å². The van der Waals surface area contributed by atoms with Gasteiger partial charge in [-0.2, -0.15) is 0 Å². The van der Waals surface area contributed by atoms with Crippen molar-refractivity contribution >= 4 is 5.97 Å². The third-order valence-electron chi connectivity index (χ3n) is 1.63. The van der Waals surface area contributed by atoms with Gasteiger partial charge in [0.15, 0.2) is 0 Å². The molecule has 0 unspecified atom stereocenters. The van der Waals surface area contributed by atoms with Gasteiger partial charge in [-0.1, -0.05) is 19.9 Å². The Morgan fingerprint density at radius 2 is 2.14 bits per heavy atom. The molecule has 3 nitrogen and oxygen atoms in total. The number of hydrogen-bond acceptors (Lipinski definition) is 3. The highest BCUT2D eigenvalue weighted by atomic mass is 16.5. The van der Waals surface area contributed by atoms with Gasteiger partial charge in [-0.25, -0.2) is 4.79 Å². The van der Waals surface area contributed by atoms with Crippen LogP contribution >= 0.6 is 0 Å². The monoisotopic (exact) mass is 199 g/mol. The minimum absolute atomic E-state index is 0.259. The Bertz CT molecular complexity index is 188. The summed E-state index contributed by atoms with van der Waals surface area (Å²) in [4.78, 5) is 13.1. The van der Waals surface area contributed by atoms with E-state index in [9.17, 15) is 4.79 Å². The van der Waals surface area contributed by atoms with Crippen molar-refractivity contribution < 1.29 is 9.53 Å². The number of carbonyl (C=O) groups is 1. The lowest BCUT2D eigenvalue weighted by Crippen LogP contribution is -2.23. The van der Waals surface area contributed by atoms with E-state index in [-0.39, 0.29) is 5.97 Å². The molecule has 0 aliphatic heterocycles. The van der Waals surface area contributed by atoms with Crippen LogP contribution in [0.2, 0.25) is 0 Å². The molecule has 0 aliphatic carbocycles. The van der Waals surface area contributed by atoms with Crippen LogP contribution in [0.25, 0.3) is 0 Å². The number of rotatable bonds is 6. The van der Waals surface area contributed by atoms with Crippen molar-refractivity contribution in [2.45, 2.75) is 20.8 Å². The molecule has 0 N–H and O–H groups in total. The normalized spacial score (nSPS) is 11.6. The molecule has 0 rings (SSSR count). The van der Waals surface area contributed by atoms with Crippen molar-refractivity contribution in [3.05, 3.63) is 12.2 Å². The number of hydrogen-bond donors (Lipinski definition) is 0. The maximum absolute atomic E-state index is 10.9. The lowest BCUT2D eigenvalue weighted by atomic mass is 10.2. The molecule has 0 amide bonds. The summed E-state index contributed by atoms with van der Waals surface area (Å²) in [6, 6.07) is 0. The Kier molecular flexibility index (Phi) is 7.11. The van der Waals surface area contributed by atoms with Crippen LogP contribution in [0.1, 0.15) is 20.8 Å². The molecular formula is C11H21NO2. The first-order valence-corrected chi connectivity index (χ1v) is 5.08. The molecule has 0 saturated heterocycles. The minimum atomic E-state index is -0.259. The van der Waals surface area contributed by atoms with E-state index in [4.69, 9.17) is 4.74 Å². The Balaban J connectivity index is 3.64. The summed E-state index contributed by atoms with van der Waals surface area (Å²) in [7, 11) is 2.04. The topological polar surface area (TPSA) is 29.5 Å². The van der Waals surface area contributed by atoms with Crippen LogP contribution in [-0.2, 0) is 9.53 Å². The summed E-state index contributed by atoms with van der Waals surface area (Å²) in [5.41, 5.74) is 0. The molecule has 0 aliphatic rings. The fourth-order valence-electron chi connectivity index (χ4n) is 1.22. The third kappa shape index (κ3) is 7.80. The van der Waals surface area contributed by atoms with E-state index in [1.54, 1.807) is 6.92 Å². The van der Waals surface area contributed by atoms with Crippen molar-refractivity contribution in [1.29, 1.82) is 0 Å². The predicted molar refractivity (Wildman–Crippen MR) is 58.1 cm³/mol. The first-order chi connectivity index (χ1) is 6.56. The Morgan fingerprint density at radius 3 is 2.64 bits per heavy atom. The van der Waals surface area contributed by atoms with Crippen LogP contribution in [0.4, 0.5) is 0 Å². The van der Waals surface area contributed by atoms with E-state index in [2.05, 4.69) is 18.7 Å². The summed E-state index contributed by atoms with van der Waals surface area (Å²) < 4.78 is 4.76. The lowest BCUT2D eigenvalue weighted by Gasteiger charge is -2.16. The first-order valence-electron chi connectivity index (χ1n) is 5.08. The average molecular weight is 199 g/mol. The quantitative estimate of drug-likeness (QED) is 0.481. The summed E-state index contributed by atoms with van der Waals surface area (Å²) >= 11 is 0. The van der Waals surface area contributed by atoms with Gasteiger partial charge in [0.2, 0.25) is 0 Å². The van der Waals surface area contributed by atoms with Crippen LogP contribution < -0.4 is 0 Å². The third-order valence-corrected chi connectivity index (χ3v) is 1.63. The van der Waals surface area contributed by atoms with E-state index >= 15 is 0 Å². The molecule has 0 bridgehead atoms. The average Bonchev–Trinajstić information content (AvgIpc) is 2.02. The second kappa shape index (κ2) is 7.56. The lowest BCUT2D eigenvalue weighted by molar-refractivity contribution is -0.137. The zero-order chi connectivity index (χ0) is 11.0. The number of likely N-dealkylation sites (N-methyl/N-ethyl adjacent to an activating group) is 1. The van der Waals surface area contributed by atoms with E-state index in [1.807, 2.05) is 13.1 Å². The molecule has 0 fully saturated rings. The maximum atomic E-state index is 10.9.